The van der Waals surface area contributed by atoms with Crippen molar-refractivity contribution in [2.24, 2.45) is 0 Å². The number of nitriles is 1. The zero-order valence-corrected chi connectivity index (χ0v) is 14.8. The van der Waals surface area contributed by atoms with Gasteiger partial charge in [-0.2, -0.15) is 5.26 Å². The van der Waals surface area contributed by atoms with Gasteiger partial charge in [0, 0.05) is 25.0 Å². The lowest BCUT2D eigenvalue weighted by molar-refractivity contribution is 0.0592. The molecular weight excluding hydrogens is 336 g/mol. The van der Waals surface area contributed by atoms with Crippen molar-refractivity contribution in [3.63, 3.8) is 0 Å². The zero-order valence-electron chi connectivity index (χ0n) is 14.8. The quantitative estimate of drug-likeness (QED) is 0.761. The maximum Gasteiger partial charge on any atom is 0.357 e. The van der Waals surface area contributed by atoms with Gasteiger partial charge in [-0.1, -0.05) is 0 Å². The van der Waals surface area contributed by atoms with Gasteiger partial charge in [-0.15, -0.1) is 0 Å². The average Bonchev–Trinajstić information content (AvgIpc) is 2.98. The lowest BCUT2D eigenvalue weighted by atomic mass is 10.1. The number of rotatable bonds is 6. The number of hydrogen-bond donors (Lipinski definition) is 2. The van der Waals surface area contributed by atoms with Crippen LogP contribution in [0, 0.1) is 11.3 Å². The zero-order chi connectivity index (χ0) is 19.4. The molecule has 26 heavy (non-hydrogen) atoms. The maximum atomic E-state index is 12.1. The Bertz CT molecular complexity index is 891. The fourth-order valence-electron chi connectivity index (χ4n) is 2.80. The molecule has 1 aromatic carbocycles. The van der Waals surface area contributed by atoms with E-state index in [9.17, 15) is 20.0 Å². The number of ether oxygens (including phenoxy) is 1. The summed E-state index contributed by atoms with van der Waals surface area (Å²) in [4.78, 5) is 25.7. The van der Waals surface area contributed by atoms with Crippen molar-refractivity contribution in [3.8, 4) is 11.8 Å². The Kier molecular flexibility index (Phi) is 5.52. The van der Waals surface area contributed by atoms with E-state index in [4.69, 9.17) is 10.5 Å². The van der Waals surface area contributed by atoms with Crippen LogP contribution in [0.3, 0.4) is 0 Å². The normalized spacial score (nSPS) is 10.2. The lowest BCUT2D eigenvalue weighted by Gasteiger charge is -2.23. The van der Waals surface area contributed by atoms with Gasteiger partial charge in [0.25, 0.3) is 0 Å². The number of aromatic nitrogens is 1. The maximum absolute atomic E-state index is 12.1. The molecule has 1 heterocycles. The molecule has 8 nitrogen and oxygen atoms in total. The number of aromatic carboxylic acids is 1. The first-order valence-electron chi connectivity index (χ1n) is 8.01. The van der Waals surface area contributed by atoms with Crippen LogP contribution in [0.5, 0.6) is 0 Å². The summed E-state index contributed by atoms with van der Waals surface area (Å²) in [6, 6.07) is 6.71. The summed E-state index contributed by atoms with van der Waals surface area (Å²) in [5.74, 6) is -1.80. The third kappa shape index (κ3) is 3.19. The number of esters is 1. The highest BCUT2D eigenvalue weighted by molar-refractivity contribution is 5.97. The minimum atomic E-state index is -1.09. The van der Waals surface area contributed by atoms with Crippen LogP contribution in [-0.4, -0.2) is 41.8 Å². The second-order valence-corrected chi connectivity index (χ2v) is 5.46. The first-order valence-corrected chi connectivity index (χ1v) is 8.01. The molecule has 0 radical (unpaired) electrons. The van der Waals surface area contributed by atoms with Gasteiger partial charge in [0.2, 0.25) is 0 Å². The van der Waals surface area contributed by atoms with E-state index in [1.54, 1.807) is 12.1 Å². The number of carboxylic acid groups (broad SMARTS) is 1. The highest BCUT2D eigenvalue weighted by Crippen LogP contribution is 2.28. The Morgan fingerprint density at radius 2 is 2.00 bits per heavy atom. The van der Waals surface area contributed by atoms with Crippen LogP contribution >= 0.6 is 0 Å². The number of carbonyl (C=O) groups excluding carboxylic acids is 1. The molecule has 0 fully saturated rings. The summed E-state index contributed by atoms with van der Waals surface area (Å²) in [6.07, 6.45) is 1.39. The van der Waals surface area contributed by atoms with Crippen molar-refractivity contribution in [2.45, 2.75) is 13.8 Å². The smallest absolute Gasteiger partial charge is 0.357 e. The van der Waals surface area contributed by atoms with Gasteiger partial charge in [-0.3, -0.25) is 0 Å². The van der Waals surface area contributed by atoms with Gasteiger partial charge < -0.3 is 25.0 Å². The summed E-state index contributed by atoms with van der Waals surface area (Å²) in [5.41, 5.74) is 7.02. The number of benzene rings is 1. The van der Waals surface area contributed by atoms with Crippen LogP contribution < -0.4 is 10.6 Å². The highest BCUT2D eigenvalue weighted by Gasteiger charge is 2.23. The van der Waals surface area contributed by atoms with E-state index < -0.39 is 11.9 Å². The number of methoxy groups -OCH3 is 1. The lowest BCUT2D eigenvalue weighted by Crippen LogP contribution is -2.24. The van der Waals surface area contributed by atoms with Gasteiger partial charge in [-0.25, -0.2) is 9.59 Å². The second-order valence-electron chi connectivity index (χ2n) is 5.46. The molecule has 3 N–H and O–H groups in total. The molecule has 0 aliphatic heterocycles. The van der Waals surface area contributed by atoms with Gasteiger partial charge in [0.15, 0.2) is 5.69 Å². The van der Waals surface area contributed by atoms with Crippen LogP contribution in [0.25, 0.3) is 5.69 Å². The van der Waals surface area contributed by atoms with Gasteiger partial charge in [-0.05, 0) is 32.0 Å². The molecule has 0 atom stereocenters. The molecular formula is C18H20N4O4. The van der Waals surface area contributed by atoms with Crippen LogP contribution in [-0.2, 0) is 4.74 Å². The molecule has 0 unspecified atom stereocenters. The highest BCUT2D eigenvalue weighted by atomic mass is 16.5. The van der Waals surface area contributed by atoms with E-state index in [0.717, 1.165) is 0 Å². The number of carboxylic acids is 1. The molecule has 0 amide bonds. The summed E-state index contributed by atoms with van der Waals surface area (Å²) in [5, 5.41) is 18.8. The van der Waals surface area contributed by atoms with Crippen LogP contribution in [0.15, 0.2) is 24.4 Å². The third-order valence-electron chi connectivity index (χ3n) is 4.14. The predicted octanol–water partition coefficient (Wildman–Crippen LogP) is 2.26. The molecule has 136 valence electrons. The van der Waals surface area contributed by atoms with E-state index in [2.05, 4.69) is 0 Å². The first kappa shape index (κ1) is 18.9. The molecule has 0 aliphatic carbocycles. The van der Waals surface area contributed by atoms with Crippen LogP contribution in [0.1, 0.15) is 40.3 Å². The second kappa shape index (κ2) is 7.61. The van der Waals surface area contributed by atoms with Crippen molar-refractivity contribution < 1.29 is 19.4 Å². The van der Waals surface area contributed by atoms with E-state index in [-0.39, 0.29) is 22.5 Å². The monoisotopic (exact) mass is 356 g/mol. The molecule has 0 spiro atoms. The SMILES string of the molecule is CCN(CC)c1ccc(-n2cc(C#N)c(N)c2C(=O)OC)cc1C(=O)O. The topological polar surface area (TPSA) is 122 Å². The van der Waals surface area contributed by atoms with E-state index in [1.165, 1.54) is 23.9 Å². The number of hydrogen-bond acceptors (Lipinski definition) is 6. The Hall–Kier alpha value is -3.47. The minimum absolute atomic E-state index is 0.0101. The Morgan fingerprint density at radius 1 is 1.35 bits per heavy atom. The van der Waals surface area contributed by atoms with Crippen LogP contribution in [0.4, 0.5) is 11.4 Å². The van der Waals surface area contributed by atoms with Gasteiger partial charge in [0.1, 0.15) is 6.07 Å². The number of nitrogen functional groups attached to an aromatic ring is 1. The molecule has 2 aromatic rings. The summed E-state index contributed by atoms with van der Waals surface area (Å²) in [6.45, 7) is 5.17. The Labute approximate surface area is 151 Å². The Balaban J connectivity index is 2.71. The van der Waals surface area contributed by atoms with Gasteiger partial charge in [0.05, 0.1) is 29.6 Å². The Morgan fingerprint density at radius 3 is 2.50 bits per heavy atom. The fraction of sp³-hybridized carbons (Fsp3) is 0.278. The third-order valence-corrected chi connectivity index (χ3v) is 4.14. The largest absolute Gasteiger partial charge is 0.478 e. The molecule has 0 saturated heterocycles. The number of carbonyl (C=O) groups is 2. The van der Waals surface area contributed by atoms with E-state index >= 15 is 0 Å². The molecule has 0 saturated carbocycles. The molecule has 2 rings (SSSR count). The predicted molar refractivity (Wildman–Crippen MR) is 96.8 cm³/mol. The molecule has 0 bridgehead atoms. The van der Waals surface area contributed by atoms with Crippen molar-refractivity contribution in [1.82, 2.24) is 4.57 Å². The number of nitrogens with two attached hydrogens (primary N) is 1. The van der Waals surface area contributed by atoms with Crippen LogP contribution in [0.2, 0.25) is 0 Å². The molecule has 0 aliphatic rings. The average molecular weight is 356 g/mol. The first-order chi connectivity index (χ1) is 12.4. The minimum Gasteiger partial charge on any atom is -0.478 e. The standard InChI is InChI=1S/C18H20N4O4/c1-4-21(5-2)14-7-6-12(8-13(14)17(23)24)22-10-11(9-19)15(20)16(22)18(25)26-3/h6-8,10H,4-5,20H2,1-3H3,(H,23,24). The van der Waals surface area contributed by atoms with E-state index in [1.807, 2.05) is 24.8 Å². The number of nitrogens with zero attached hydrogens (tertiary/aromatic N) is 3. The molecule has 1 aromatic heterocycles. The van der Waals surface area contributed by atoms with Gasteiger partial charge >= 0.3 is 11.9 Å². The van der Waals surface area contributed by atoms with Crippen molar-refractivity contribution in [1.29, 1.82) is 5.26 Å². The summed E-state index contributed by atoms with van der Waals surface area (Å²) >= 11 is 0. The number of anilines is 2. The van der Waals surface area contributed by atoms with Crippen molar-refractivity contribution in [2.75, 3.05) is 30.8 Å². The summed E-state index contributed by atoms with van der Waals surface area (Å²) < 4.78 is 6.11. The molecule has 8 heteroatoms. The van der Waals surface area contributed by atoms with Crippen molar-refractivity contribution >= 4 is 23.3 Å². The fourth-order valence-corrected chi connectivity index (χ4v) is 2.80. The van der Waals surface area contributed by atoms with E-state index in [0.29, 0.717) is 24.5 Å². The van der Waals surface area contributed by atoms with Crippen molar-refractivity contribution in [3.05, 3.63) is 41.2 Å². The summed E-state index contributed by atoms with van der Waals surface area (Å²) in [7, 11) is 1.21.